The van der Waals surface area contributed by atoms with Crippen LogP contribution in [0.3, 0.4) is 0 Å². The quantitative estimate of drug-likeness (QED) is 0.742. The highest BCUT2D eigenvalue weighted by atomic mass is 32.1. The summed E-state index contributed by atoms with van der Waals surface area (Å²) in [5.41, 5.74) is 2.81. The molecule has 0 amide bonds. The molecule has 2 aromatic carbocycles. The largest absolute Gasteiger partial charge is 0.492 e. The first-order valence-electron chi connectivity index (χ1n) is 6.30. The Balaban J connectivity index is 1.79. The molecule has 1 aromatic heterocycles. The monoisotopic (exact) mass is 281 g/mol. The molecule has 20 heavy (non-hydrogen) atoms. The number of hydrogen-bond acceptors (Lipinski definition) is 4. The Morgan fingerprint density at radius 3 is 2.75 bits per heavy atom. The number of thiazole rings is 1. The maximum absolute atomic E-state index is 10.1. The lowest BCUT2D eigenvalue weighted by Gasteiger charge is -2.22. The van der Waals surface area contributed by atoms with E-state index in [0.717, 1.165) is 26.5 Å². The minimum atomic E-state index is 0.0473. The normalized spacial score (nSPS) is 14.2. The number of rotatable bonds is 1. The van der Waals surface area contributed by atoms with Crippen LogP contribution >= 0.6 is 11.3 Å². The van der Waals surface area contributed by atoms with E-state index in [4.69, 9.17) is 0 Å². The van der Waals surface area contributed by atoms with E-state index in [9.17, 15) is 5.11 Å². The van der Waals surface area contributed by atoms with E-state index in [1.807, 2.05) is 48.5 Å². The van der Waals surface area contributed by atoms with Crippen LogP contribution in [0.15, 0.2) is 53.6 Å². The fourth-order valence-corrected chi connectivity index (χ4v) is 3.24. The van der Waals surface area contributed by atoms with Gasteiger partial charge in [0.25, 0.3) is 0 Å². The number of anilines is 1. The molecule has 0 saturated heterocycles. The molecule has 1 N–H and O–H groups in total. The molecule has 0 saturated carbocycles. The van der Waals surface area contributed by atoms with E-state index in [0.29, 0.717) is 6.54 Å². The van der Waals surface area contributed by atoms with Gasteiger partial charge in [0, 0.05) is 5.56 Å². The third-order valence-electron chi connectivity index (χ3n) is 3.30. The second-order valence-corrected chi connectivity index (χ2v) is 5.61. The van der Waals surface area contributed by atoms with Crippen LogP contribution in [0.25, 0.3) is 10.2 Å². The molecule has 1 aliphatic heterocycles. The zero-order valence-corrected chi connectivity index (χ0v) is 11.3. The van der Waals surface area contributed by atoms with Crippen LogP contribution in [0.4, 0.5) is 5.13 Å². The second-order valence-electron chi connectivity index (χ2n) is 4.60. The van der Waals surface area contributed by atoms with Crippen LogP contribution in [0, 0.1) is 0 Å². The van der Waals surface area contributed by atoms with E-state index in [2.05, 4.69) is 10.1 Å². The smallest absolute Gasteiger partial charge is 0.236 e. The zero-order chi connectivity index (χ0) is 13.5. The summed E-state index contributed by atoms with van der Waals surface area (Å²) in [6, 6.07) is 15.7. The van der Waals surface area contributed by atoms with Gasteiger partial charge < -0.3 is 5.11 Å². The average Bonchev–Trinajstić information content (AvgIpc) is 2.91. The molecule has 0 unspecified atom stereocenters. The second kappa shape index (κ2) is 4.31. The Bertz CT molecular complexity index is 792. The standard InChI is InChI=1S/C15H11N3OS/c19-14-11-6-2-1-5-10(11)9-18(17-14)15-16-12-7-3-4-8-13(12)20-15/h1-8H,9H2,(H,17,19). The lowest BCUT2D eigenvalue weighted by atomic mass is 10.1. The first kappa shape index (κ1) is 11.4. The lowest BCUT2D eigenvalue weighted by molar-refractivity contribution is 0.540. The predicted octanol–water partition coefficient (Wildman–Crippen LogP) is 3.54. The molecule has 0 aliphatic carbocycles. The van der Waals surface area contributed by atoms with Crippen molar-refractivity contribution in [2.45, 2.75) is 6.54 Å². The van der Waals surface area contributed by atoms with E-state index < -0.39 is 0 Å². The molecule has 3 aromatic rings. The molecule has 5 heteroatoms. The first-order valence-corrected chi connectivity index (χ1v) is 7.12. The number of para-hydroxylation sites is 1. The van der Waals surface area contributed by atoms with Crippen molar-refractivity contribution in [3.8, 4) is 0 Å². The predicted molar refractivity (Wildman–Crippen MR) is 81.4 cm³/mol. The average molecular weight is 281 g/mol. The van der Waals surface area contributed by atoms with Crippen molar-refractivity contribution in [1.29, 1.82) is 0 Å². The summed E-state index contributed by atoms with van der Waals surface area (Å²) in [7, 11) is 0. The van der Waals surface area contributed by atoms with Crippen LogP contribution < -0.4 is 5.01 Å². The third kappa shape index (κ3) is 1.75. The first-order chi connectivity index (χ1) is 9.81. The van der Waals surface area contributed by atoms with Crippen LogP contribution in [0.5, 0.6) is 0 Å². The number of fused-ring (bicyclic) bond motifs is 2. The molecule has 0 atom stereocenters. The van der Waals surface area contributed by atoms with Crippen molar-refractivity contribution in [3.63, 3.8) is 0 Å². The summed E-state index contributed by atoms with van der Waals surface area (Å²) in [6.07, 6.45) is 0. The lowest BCUT2D eigenvalue weighted by Crippen LogP contribution is -2.25. The highest BCUT2D eigenvalue weighted by molar-refractivity contribution is 7.22. The summed E-state index contributed by atoms with van der Waals surface area (Å²) in [5.74, 6) is 0.0473. The van der Waals surface area contributed by atoms with Crippen molar-refractivity contribution < 1.29 is 5.11 Å². The summed E-state index contributed by atoms with van der Waals surface area (Å²) in [4.78, 5) is 4.57. The number of hydrazone groups is 1. The van der Waals surface area contributed by atoms with Gasteiger partial charge in [0.1, 0.15) is 0 Å². The van der Waals surface area contributed by atoms with Crippen molar-refractivity contribution in [3.05, 3.63) is 59.7 Å². The van der Waals surface area contributed by atoms with E-state index in [1.165, 1.54) is 0 Å². The maximum Gasteiger partial charge on any atom is 0.236 e. The van der Waals surface area contributed by atoms with Crippen molar-refractivity contribution in [2.24, 2.45) is 5.10 Å². The molecule has 0 fully saturated rings. The Hall–Kier alpha value is -2.40. The van der Waals surface area contributed by atoms with Gasteiger partial charge in [-0.15, -0.1) is 5.10 Å². The van der Waals surface area contributed by atoms with Crippen LogP contribution in [0.1, 0.15) is 11.1 Å². The van der Waals surface area contributed by atoms with Gasteiger partial charge in [0.2, 0.25) is 11.0 Å². The maximum atomic E-state index is 10.1. The van der Waals surface area contributed by atoms with Gasteiger partial charge in [0.15, 0.2) is 0 Å². The zero-order valence-electron chi connectivity index (χ0n) is 10.5. The SMILES string of the molecule is OC1=NN(c2nc3ccccc3s2)Cc2ccccc21. The molecular formula is C15H11N3OS. The number of hydrogen-bond donors (Lipinski definition) is 1. The molecule has 0 spiro atoms. The van der Waals surface area contributed by atoms with Crippen molar-refractivity contribution in [2.75, 3.05) is 5.01 Å². The van der Waals surface area contributed by atoms with E-state index >= 15 is 0 Å². The van der Waals surface area contributed by atoms with Gasteiger partial charge in [-0.25, -0.2) is 9.99 Å². The van der Waals surface area contributed by atoms with Gasteiger partial charge in [-0.3, -0.25) is 0 Å². The Labute approximate surface area is 119 Å². The fourth-order valence-electron chi connectivity index (χ4n) is 2.32. The van der Waals surface area contributed by atoms with E-state index in [-0.39, 0.29) is 5.90 Å². The highest BCUT2D eigenvalue weighted by Crippen LogP contribution is 2.31. The molecule has 0 bridgehead atoms. The molecule has 1 aliphatic rings. The summed E-state index contributed by atoms with van der Waals surface area (Å²) < 4.78 is 1.12. The van der Waals surface area contributed by atoms with E-state index in [1.54, 1.807) is 16.3 Å². The van der Waals surface area contributed by atoms with Crippen molar-refractivity contribution in [1.82, 2.24) is 4.98 Å². The summed E-state index contributed by atoms with van der Waals surface area (Å²) >= 11 is 1.58. The molecular weight excluding hydrogens is 270 g/mol. The van der Waals surface area contributed by atoms with Gasteiger partial charge in [-0.05, 0) is 23.8 Å². The summed E-state index contributed by atoms with van der Waals surface area (Å²) in [6.45, 7) is 0.625. The van der Waals surface area contributed by atoms with Crippen LogP contribution in [0.2, 0.25) is 0 Å². The van der Waals surface area contributed by atoms with Crippen LogP contribution in [-0.4, -0.2) is 16.0 Å². The number of nitrogens with zero attached hydrogens (tertiary/aromatic N) is 3. The number of aliphatic hydroxyl groups excluding tert-OH is 1. The fraction of sp³-hybridized carbons (Fsp3) is 0.0667. The molecule has 4 rings (SSSR count). The number of benzene rings is 2. The number of aromatic nitrogens is 1. The van der Waals surface area contributed by atoms with Crippen molar-refractivity contribution >= 4 is 32.6 Å². The number of aliphatic hydroxyl groups is 1. The Morgan fingerprint density at radius 1 is 1.05 bits per heavy atom. The molecule has 2 heterocycles. The molecule has 0 radical (unpaired) electrons. The highest BCUT2D eigenvalue weighted by Gasteiger charge is 2.21. The third-order valence-corrected chi connectivity index (χ3v) is 4.35. The summed E-state index contributed by atoms with van der Waals surface area (Å²) in [5, 5.41) is 16.8. The van der Waals surface area contributed by atoms with Gasteiger partial charge in [-0.1, -0.05) is 41.7 Å². The molecule has 98 valence electrons. The Kier molecular flexibility index (Phi) is 2.47. The van der Waals surface area contributed by atoms with Crippen LogP contribution in [-0.2, 0) is 6.54 Å². The minimum Gasteiger partial charge on any atom is -0.492 e. The topological polar surface area (TPSA) is 48.7 Å². The van der Waals surface area contributed by atoms with Gasteiger partial charge in [0.05, 0.1) is 16.8 Å². The molecule has 4 nitrogen and oxygen atoms in total. The minimum absolute atomic E-state index is 0.0473. The van der Waals surface area contributed by atoms with Gasteiger partial charge in [-0.2, -0.15) is 0 Å². The Morgan fingerprint density at radius 2 is 1.85 bits per heavy atom. The van der Waals surface area contributed by atoms with Gasteiger partial charge >= 0.3 is 0 Å².